The summed E-state index contributed by atoms with van der Waals surface area (Å²) in [5, 5.41) is 12.5. The molecule has 0 fully saturated rings. The van der Waals surface area contributed by atoms with Crippen molar-refractivity contribution in [3.8, 4) is 0 Å². The molecule has 72 valence electrons. The number of nitrogens with zero attached hydrogens (tertiary/aromatic N) is 1. The van der Waals surface area contributed by atoms with Gasteiger partial charge in [-0.25, -0.2) is 0 Å². The van der Waals surface area contributed by atoms with Gasteiger partial charge in [0.1, 0.15) is 0 Å². The lowest BCUT2D eigenvalue weighted by molar-refractivity contribution is -0.577. The van der Waals surface area contributed by atoms with E-state index in [-0.39, 0.29) is 0 Å². The van der Waals surface area contributed by atoms with Gasteiger partial charge in [0, 0.05) is 12.1 Å². The monoisotopic (exact) mass is 187 g/mol. The van der Waals surface area contributed by atoms with Crippen molar-refractivity contribution in [3.05, 3.63) is 47.3 Å². The number of aromatic nitrogens is 1. The summed E-state index contributed by atoms with van der Waals surface area (Å²) in [5.74, 6) is 0. The van der Waals surface area contributed by atoms with Crippen LogP contribution in [0, 0.1) is 5.21 Å². The molecule has 0 atom stereocenters. The van der Waals surface area contributed by atoms with Gasteiger partial charge in [0.25, 0.3) is 0 Å². The van der Waals surface area contributed by atoms with Gasteiger partial charge in [-0.3, -0.25) is 0 Å². The number of rotatable bonds is 2. The van der Waals surface area contributed by atoms with Gasteiger partial charge in [-0.05, 0) is 18.1 Å². The van der Waals surface area contributed by atoms with Crippen LogP contribution in [-0.2, 0) is 6.42 Å². The average Bonchev–Trinajstić information content (AvgIpc) is 2.20. The van der Waals surface area contributed by atoms with Crippen LogP contribution in [0.4, 0.5) is 0 Å². The number of pyridine rings is 1. The van der Waals surface area contributed by atoms with Crippen LogP contribution >= 0.6 is 0 Å². The second-order valence-corrected chi connectivity index (χ2v) is 3.43. The highest BCUT2D eigenvalue weighted by Gasteiger charge is 2.05. The molecule has 2 aromatic rings. The van der Waals surface area contributed by atoms with E-state index in [1.807, 2.05) is 18.2 Å². The van der Waals surface area contributed by atoms with E-state index in [1.54, 1.807) is 6.07 Å². The molecular formula is C12H13NO. The quantitative estimate of drug-likeness (QED) is 0.524. The minimum Gasteiger partial charge on any atom is -0.618 e. The van der Waals surface area contributed by atoms with Crippen LogP contribution < -0.4 is 4.73 Å². The Morgan fingerprint density at radius 3 is 2.86 bits per heavy atom. The summed E-state index contributed by atoms with van der Waals surface area (Å²) < 4.78 is 0.925. The van der Waals surface area contributed by atoms with Crippen LogP contribution in [0.2, 0.25) is 0 Å². The summed E-state index contributed by atoms with van der Waals surface area (Å²) in [7, 11) is 0. The zero-order valence-electron chi connectivity index (χ0n) is 8.23. The van der Waals surface area contributed by atoms with E-state index in [9.17, 15) is 5.21 Å². The molecule has 0 aliphatic heterocycles. The zero-order chi connectivity index (χ0) is 9.97. The second-order valence-electron chi connectivity index (χ2n) is 3.43. The SMILES string of the molecule is CCCc1cccc2c1ccc[n+]2[O-]. The minimum atomic E-state index is 0.762. The molecule has 1 heterocycles. The fourth-order valence-electron chi connectivity index (χ4n) is 1.77. The van der Waals surface area contributed by atoms with Crippen molar-refractivity contribution in [2.45, 2.75) is 19.8 Å². The molecule has 0 saturated carbocycles. The normalized spacial score (nSPS) is 10.6. The third kappa shape index (κ3) is 1.43. The molecule has 0 aliphatic rings. The number of aryl methyl sites for hydroxylation is 1. The van der Waals surface area contributed by atoms with Gasteiger partial charge < -0.3 is 5.21 Å². The van der Waals surface area contributed by atoms with E-state index < -0.39 is 0 Å². The van der Waals surface area contributed by atoms with E-state index >= 15 is 0 Å². The Morgan fingerprint density at radius 1 is 1.21 bits per heavy atom. The van der Waals surface area contributed by atoms with E-state index in [0.29, 0.717) is 0 Å². The Morgan fingerprint density at radius 2 is 2.07 bits per heavy atom. The molecule has 1 aromatic carbocycles. The molecule has 0 bridgehead atoms. The van der Waals surface area contributed by atoms with Gasteiger partial charge >= 0.3 is 0 Å². The first-order valence-electron chi connectivity index (χ1n) is 4.92. The van der Waals surface area contributed by atoms with Gasteiger partial charge in [-0.2, -0.15) is 4.73 Å². The maximum Gasteiger partial charge on any atom is 0.224 e. The van der Waals surface area contributed by atoms with Crippen LogP contribution in [0.5, 0.6) is 0 Å². The molecular weight excluding hydrogens is 174 g/mol. The highest BCUT2D eigenvalue weighted by atomic mass is 16.5. The molecule has 0 N–H and O–H groups in total. The van der Waals surface area contributed by atoms with Crippen molar-refractivity contribution in [1.29, 1.82) is 0 Å². The van der Waals surface area contributed by atoms with Crippen LogP contribution in [0.3, 0.4) is 0 Å². The molecule has 0 radical (unpaired) electrons. The molecule has 2 heteroatoms. The first kappa shape index (κ1) is 9.00. The van der Waals surface area contributed by atoms with E-state index in [4.69, 9.17) is 0 Å². The van der Waals surface area contributed by atoms with E-state index in [0.717, 1.165) is 28.5 Å². The fourth-order valence-corrected chi connectivity index (χ4v) is 1.77. The van der Waals surface area contributed by atoms with Crippen LogP contribution in [0.1, 0.15) is 18.9 Å². The number of fused-ring (bicyclic) bond motifs is 1. The van der Waals surface area contributed by atoms with Crippen molar-refractivity contribution >= 4 is 10.9 Å². The summed E-state index contributed by atoms with van der Waals surface area (Å²) in [6, 6.07) is 9.71. The van der Waals surface area contributed by atoms with Gasteiger partial charge in [-0.1, -0.05) is 25.5 Å². The van der Waals surface area contributed by atoms with E-state index in [2.05, 4.69) is 13.0 Å². The van der Waals surface area contributed by atoms with Crippen molar-refractivity contribution in [3.63, 3.8) is 0 Å². The smallest absolute Gasteiger partial charge is 0.224 e. The molecule has 0 unspecified atom stereocenters. The molecule has 0 aliphatic carbocycles. The molecule has 1 aromatic heterocycles. The summed E-state index contributed by atoms with van der Waals surface area (Å²) >= 11 is 0. The minimum absolute atomic E-state index is 0.762. The van der Waals surface area contributed by atoms with Crippen molar-refractivity contribution in [2.75, 3.05) is 0 Å². The van der Waals surface area contributed by atoms with Crippen molar-refractivity contribution < 1.29 is 4.73 Å². The van der Waals surface area contributed by atoms with Crippen LogP contribution in [0.15, 0.2) is 36.5 Å². The predicted molar refractivity (Wildman–Crippen MR) is 56.9 cm³/mol. The fraction of sp³-hybridized carbons (Fsp3) is 0.250. The molecule has 2 nitrogen and oxygen atoms in total. The number of benzene rings is 1. The van der Waals surface area contributed by atoms with Gasteiger partial charge in [0.15, 0.2) is 6.20 Å². The molecule has 2 rings (SSSR count). The molecule has 14 heavy (non-hydrogen) atoms. The first-order chi connectivity index (χ1) is 6.83. The maximum absolute atomic E-state index is 11.5. The summed E-state index contributed by atoms with van der Waals surface area (Å²) in [6.45, 7) is 2.15. The third-order valence-corrected chi connectivity index (χ3v) is 2.41. The Labute approximate surface area is 83.4 Å². The highest BCUT2D eigenvalue weighted by molar-refractivity contribution is 5.79. The lowest BCUT2D eigenvalue weighted by atomic mass is 10.0. The average molecular weight is 187 g/mol. The third-order valence-electron chi connectivity index (χ3n) is 2.41. The van der Waals surface area contributed by atoms with Crippen molar-refractivity contribution in [2.24, 2.45) is 0 Å². The topological polar surface area (TPSA) is 26.9 Å². The van der Waals surface area contributed by atoms with Gasteiger partial charge in [-0.15, -0.1) is 0 Å². The van der Waals surface area contributed by atoms with Gasteiger partial charge in [0.05, 0.1) is 5.39 Å². The Hall–Kier alpha value is -1.57. The maximum atomic E-state index is 11.5. The lowest BCUT2D eigenvalue weighted by Crippen LogP contribution is -2.25. The largest absolute Gasteiger partial charge is 0.618 e. The standard InChI is InChI=1S/C12H13NO/c1-2-5-10-6-3-8-12-11(10)7-4-9-13(12)14/h3-4,6-9H,2,5H2,1H3. The van der Waals surface area contributed by atoms with E-state index in [1.165, 1.54) is 11.8 Å². The second kappa shape index (κ2) is 3.66. The summed E-state index contributed by atoms with van der Waals surface area (Å²) in [4.78, 5) is 0. The molecule has 0 spiro atoms. The predicted octanol–water partition coefficient (Wildman–Crippen LogP) is 2.43. The molecule has 0 amide bonds. The Balaban J connectivity index is 2.68. The van der Waals surface area contributed by atoms with Crippen molar-refractivity contribution in [1.82, 2.24) is 0 Å². The summed E-state index contributed by atoms with van der Waals surface area (Å²) in [5.41, 5.74) is 2.02. The van der Waals surface area contributed by atoms with Crippen LogP contribution in [0.25, 0.3) is 10.9 Å². The molecule has 0 saturated heterocycles. The first-order valence-corrected chi connectivity index (χ1v) is 4.92. The van der Waals surface area contributed by atoms with Gasteiger partial charge in [0.2, 0.25) is 5.52 Å². The number of hydrogen-bond acceptors (Lipinski definition) is 1. The Bertz CT molecular complexity index is 451. The Kier molecular flexibility index (Phi) is 2.35. The zero-order valence-corrected chi connectivity index (χ0v) is 8.23. The lowest BCUT2D eigenvalue weighted by Gasteiger charge is -2.05. The van der Waals surface area contributed by atoms with Crippen LogP contribution in [-0.4, -0.2) is 0 Å². The summed E-state index contributed by atoms with van der Waals surface area (Å²) in [6.07, 6.45) is 3.67. The highest BCUT2D eigenvalue weighted by Crippen LogP contribution is 2.16. The number of hydrogen-bond donors (Lipinski definition) is 0.